The molecule has 98 valence electrons. The lowest BCUT2D eigenvalue weighted by atomic mass is 9.86. The first kappa shape index (κ1) is 13.8. The van der Waals surface area contributed by atoms with Gasteiger partial charge in [0.2, 0.25) is 5.91 Å². The van der Waals surface area contributed by atoms with Gasteiger partial charge in [0.05, 0.1) is 0 Å². The lowest BCUT2D eigenvalue weighted by molar-refractivity contribution is -0.119. The van der Waals surface area contributed by atoms with Crippen molar-refractivity contribution in [3.05, 3.63) is 0 Å². The summed E-state index contributed by atoms with van der Waals surface area (Å²) in [6.45, 7) is 5.44. The molecule has 1 aliphatic rings. The fourth-order valence-electron chi connectivity index (χ4n) is 1.85. The Morgan fingerprint density at radius 3 is 2.94 bits per heavy atom. The SMILES string of the molecule is CC(C)(CCCNC1CNC(=O)C1)C(N)=NO. The molecule has 1 rings (SSSR count). The first-order valence-corrected chi connectivity index (χ1v) is 5.94. The molecule has 6 heteroatoms. The monoisotopic (exact) mass is 242 g/mol. The third-order valence-electron chi connectivity index (χ3n) is 3.19. The molecule has 1 atom stereocenters. The highest BCUT2D eigenvalue weighted by molar-refractivity contribution is 5.85. The van der Waals surface area contributed by atoms with E-state index in [0.717, 1.165) is 19.4 Å². The van der Waals surface area contributed by atoms with Crippen LogP contribution < -0.4 is 16.4 Å². The molecule has 0 aromatic carbocycles. The normalized spacial score (nSPS) is 21.6. The van der Waals surface area contributed by atoms with Gasteiger partial charge in [-0.15, -0.1) is 0 Å². The van der Waals surface area contributed by atoms with Crippen molar-refractivity contribution in [2.45, 2.75) is 39.2 Å². The molecule has 1 heterocycles. The Balaban J connectivity index is 2.18. The van der Waals surface area contributed by atoms with Gasteiger partial charge < -0.3 is 21.6 Å². The quantitative estimate of drug-likeness (QED) is 0.173. The maximum absolute atomic E-state index is 11.0. The fourth-order valence-corrected chi connectivity index (χ4v) is 1.85. The van der Waals surface area contributed by atoms with Crippen LogP contribution in [0, 0.1) is 5.41 Å². The third kappa shape index (κ3) is 4.22. The first-order chi connectivity index (χ1) is 7.95. The van der Waals surface area contributed by atoms with E-state index in [-0.39, 0.29) is 23.2 Å². The standard InChI is InChI=1S/C11H22N4O2/c1-11(2,10(12)15-17)4-3-5-13-8-6-9(16)14-7-8/h8,13,17H,3-7H2,1-2H3,(H2,12,15)(H,14,16). The van der Waals surface area contributed by atoms with Gasteiger partial charge in [-0.2, -0.15) is 0 Å². The highest BCUT2D eigenvalue weighted by Crippen LogP contribution is 2.21. The second-order valence-electron chi connectivity index (χ2n) is 5.13. The van der Waals surface area contributed by atoms with Crippen LogP contribution in [0.3, 0.4) is 0 Å². The van der Waals surface area contributed by atoms with Crippen molar-refractivity contribution in [2.24, 2.45) is 16.3 Å². The maximum atomic E-state index is 11.0. The minimum atomic E-state index is -0.291. The van der Waals surface area contributed by atoms with Gasteiger partial charge in [0.15, 0.2) is 0 Å². The molecule has 0 saturated carbocycles. The van der Waals surface area contributed by atoms with Crippen LogP contribution in [0.2, 0.25) is 0 Å². The maximum Gasteiger partial charge on any atom is 0.221 e. The molecule has 0 aromatic rings. The van der Waals surface area contributed by atoms with E-state index < -0.39 is 0 Å². The molecule has 1 aliphatic heterocycles. The zero-order valence-corrected chi connectivity index (χ0v) is 10.5. The van der Waals surface area contributed by atoms with Crippen molar-refractivity contribution in [3.8, 4) is 0 Å². The Bertz CT molecular complexity index is 302. The van der Waals surface area contributed by atoms with Crippen molar-refractivity contribution in [1.29, 1.82) is 0 Å². The summed E-state index contributed by atoms with van der Waals surface area (Å²) in [5.74, 6) is 0.370. The van der Waals surface area contributed by atoms with Gasteiger partial charge in [0.25, 0.3) is 0 Å². The van der Waals surface area contributed by atoms with Gasteiger partial charge in [-0.25, -0.2) is 0 Å². The number of oxime groups is 1. The first-order valence-electron chi connectivity index (χ1n) is 5.94. The average Bonchev–Trinajstić information content (AvgIpc) is 2.69. The Kier molecular flexibility index (Phi) is 4.74. The number of carbonyl (C=O) groups excluding carboxylic acids is 1. The molecule has 1 amide bonds. The van der Waals surface area contributed by atoms with Gasteiger partial charge >= 0.3 is 0 Å². The molecule has 5 N–H and O–H groups in total. The fraction of sp³-hybridized carbons (Fsp3) is 0.818. The summed E-state index contributed by atoms with van der Waals surface area (Å²) in [6.07, 6.45) is 2.32. The number of nitrogens with one attached hydrogen (secondary N) is 2. The van der Waals surface area contributed by atoms with E-state index in [1.807, 2.05) is 13.8 Å². The Morgan fingerprint density at radius 2 is 2.41 bits per heavy atom. The van der Waals surface area contributed by atoms with Crippen molar-refractivity contribution >= 4 is 11.7 Å². The molecule has 1 unspecified atom stereocenters. The summed E-state index contributed by atoms with van der Waals surface area (Å²) < 4.78 is 0. The second kappa shape index (κ2) is 5.86. The van der Waals surface area contributed by atoms with Gasteiger partial charge in [0.1, 0.15) is 5.84 Å². The topological polar surface area (TPSA) is 99.7 Å². The molecule has 1 saturated heterocycles. The van der Waals surface area contributed by atoms with Crippen LogP contribution in [0.4, 0.5) is 0 Å². The predicted octanol–water partition coefficient (Wildman–Crippen LogP) is 0.0173. The van der Waals surface area contributed by atoms with E-state index in [1.54, 1.807) is 0 Å². The second-order valence-corrected chi connectivity index (χ2v) is 5.13. The third-order valence-corrected chi connectivity index (χ3v) is 3.19. The van der Waals surface area contributed by atoms with Crippen LogP contribution >= 0.6 is 0 Å². The van der Waals surface area contributed by atoms with Crippen molar-refractivity contribution in [2.75, 3.05) is 13.1 Å². The van der Waals surface area contributed by atoms with Crippen LogP contribution in [-0.2, 0) is 4.79 Å². The summed E-state index contributed by atoms with van der Waals surface area (Å²) >= 11 is 0. The predicted molar refractivity (Wildman–Crippen MR) is 65.8 cm³/mol. The average molecular weight is 242 g/mol. The van der Waals surface area contributed by atoms with Crippen molar-refractivity contribution < 1.29 is 10.0 Å². The highest BCUT2D eigenvalue weighted by Gasteiger charge is 2.24. The number of amidine groups is 1. The number of amides is 1. The van der Waals surface area contributed by atoms with Crippen molar-refractivity contribution in [3.63, 3.8) is 0 Å². The lowest BCUT2D eigenvalue weighted by Gasteiger charge is -2.23. The Hall–Kier alpha value is -1.30. The zero-order chi connectivity index (χ0) is 12.9. The molecular weight excluding hydrogens is 220 g/mol. The molecule has 6 nitrogen and oxygen atoms in total. The van der Waals surface area contributed by atoms with E-state index in [1.165, 1.54) is 0 Å². The number of nitrogens with zero attached hydrogens (tertiary/aromatic N) is 1. The molecule has 0 aromatic heterocycles. The van der Waals surface area contributed by atoms with Gasteiger partial charge in [-0.3, -0.25) is 4.79 Å². The molecule has 0 aliphatic carbocycles. The molecule has 0 bridgehead atoms. The van der Waals surface area contributed by atoms with E-state index in [2.05, 4.69) is 15.8 Å². The Morgan fingerprint density at radius 1 is 1.71 bits per heavy atom. The molecule has 1 fully saturated rings. The molecular formula is C11H22N4O2. The minimum absolute atomic E-state index is 0.111. The van der Waals surface area contributed by atoms with E-state index in [9.17, 15) is 4.79 Å². The van der Waals surface area contributed by atoms with Crippen LogP contribution in [0.15, 0.2) is 5.16 Å². The number of nitrogens with two attached hydrogens (primary N) is 1. The number of carbonyl (C=O) groups is 1. The van der Waals surface area contributed by atoms with E-state index in [4.69, 9.17) is 10.9 Å². The smallest absolute Gasteiger partial charge is 0.221 e. The van der Waals surface area contributed by atoms with Gasteiger partial charge in [0, 0.05) is 24.4 Å². The van der Waals surface area contributed by atoms with Crippen LogP contribution in [0.1, 0.15) is 33.1 Å². The Labute approximate surface area is 102 Å². The lowest BCUT2D eigenvalue weighted by Crippen LogP contribution is -2.35. The van der Waals surface area contributed by atoms with Crippen LogP contribution in [0.25, 0.3) is 0 Å². The molecule has 17 heavy (non-hydrogen) atoms. The number of hydrogen-bond acceptors (Lipinski definition) is 4. The number of hydrogen-bond donors (Lipinski definition) is 4. The van der Waals surface area contributed by atoms with Crippen molar-refractivity contribution in [1.82, 2.24) is 10.6 Å². The summed E-state index contributed by atoms with van der Waals surface area (Å²) in [4.78, 5) is 11.0. The van der Waals surface area contributed by atoms with Crippen LogP contribution in [-0.4, -0.2) is 36.1 Å². The van der Waals surface area contributed by atoms with Crippen LogP contribution in [0.5, 0.6) is 0 Å². The number of rotatable bonds is 6. The largest absolute Gasteiger partial charge is 0.409 e. The summed E-state index contributed by atoms with van der Waals surface area (Å²) in [5, 5.41) is 17.8. The van der Waals surface area contributed by atoms with E-state index in [0.29, 0.717) is 13.0 Å². The molecule has 0 spiro atoms. The summed E-state index contributed by atoms with van der Waals surface area (Å²) in [7, 11) is 0. The van der Waals surface area contributed by atoms with E-state index >= 15 is 0 Å². The summed E-state index contributed by atoms with van der Waals surface area (Å²) in [6, 6.07) is 0.245. The minimum Gasteiger partial charge on any atom is -0.409 e. The molecule has 0 radical (unpaired) electrons. The highest BCUT2D eigenvalue weighted by atomic mass is 16.4. The van der Waals surface area contributed by atoms with Gasteiger partial charge in [-0.05, 0) is 19.4 Å². The summed E-state index contributed by atoms with van der Waals surface area (Å²) in [5.41, 5.74) is 5.31. The van der Waals surface area contributed by atoms with Gasteiger partial charge in [-0.1, -0.05) is 19.0 Å². The zero-order valence-electron chi connectivity index (χ0n) is 10.5.